The Hall–Kier alpha value is -3.74. The number of nitrogens with zero attached hydrogens (tertiary/aromatic N) is 2. The van der Waals surface area contributed by atoms with E-state index in [4.69, 9.17) is 10.8 Å². The number of thioether (sulfide) groups is 1. The van der Waals surface area contributed by atoms with E-state index in [1.807, 2.05) is 5.32 Å². The Labute approximate surface area is 195 Å². The monoisotopic (exact) mass is 513 g/mol. The first kappa shape index (κ1) is 30.3. The summed E-state index contributed by atoms with van der Waals surface area (Å²) in [6.45, 7) is -1.65. The number of hydrogen-bond donors (Lipinski definition) is 4. The number of rotatable bonds is 18. The number of amides is 2. The summed E-state index contributed by atoms with van der Waals surface area (Å²) in [5, 5.41) is 31.1. The number of nitrogens with one attached hydrogen (secondary N) is 2. The third-order valence-corrected chi connectivity index (χ3v) is 4.72. The number of carbonyl (C=O) groups is 5. The smallest absolute Gasteiger partial charge is 0.329 e. The minimum absolute atomic E-state index is 0.192. The summed E-state index contributed by atoms with van der Waals surface area (Å²) >= 11 is 0.753. The van der Waals surface area contributed by atoms with Crippen molar-refractivity contribution in [3.05, 3.63) is 20.2 Å². The van der Waals surface area contributed by atoms with E-state index in [0.717, 1.165) is 18.9 Å². The second kappa shape index (κ2) is 16.0. The Morgan fingerprint density at radius 3 is 2.09 bits per heavy atom. The summed E-state index contributed by atoms with van der Waals surface area (Å²) < 4.78 is 4.54. The van der Waals surface area contributed by atoms with Crippen molar-refractivity contribution in [2.45, 2.75) is 31.0 Å². The normalized spacial score (nSPS) is 12.1. The van der Waals surface area contributed by atoms with Gasteiger partial charge in [-0.3, -0.25) is 19.2 Å². The largest absolute Gasteiger partial charge is 0.480 e. The lowest BCUT2D eigenvalue weighted by molar-refractivity contribution is -0.766. The van der Waals surface area contributed by atoms with E-state index in [1.54, 1.807) is 0 Å². The van der Waals surface area contributed by atoms with Crippen LogP contribution in [-0.2, 0) is 38.4 Å². The van der Waals surface area contributed by atoms with E-state index in [2.05, 4.69) is 19.7 Å². The van der Waals surface area contributed by atoms with Crippen LogP contribution in [0.4, 0.5) is 0 Å². The van der Waals surface area contributed by atoms with Crippen LogP contribution in [0.5, 0.6) is 0 Å². The topological polar surface area (TPSA) is 270 Å². The van der Waals surface area contributed by atoms with E-state index < -0.39 is 76.8 Å². The molecule has 5 N–H and O–H groups in total. The molecule has 34 heavy (non-hydrogen) atoms. The number of hydrogen-bond acceptors (Lipinski definition) is 14. The Balaban J connectivity index is 4.74. The van der Waals surface area contributed by atoms with Crippen molar-refractivity contribution in [2.75, 3.05) is 31.8 Å². The number of ketones is 1. The first-order valence-corrected chi connectivity index (χ1v) is 10.3. The standard InChI is InChI=1S/C15H23N5O13S/c1-31-15(26)10(18-12(22)3-2-9(16)14(24)25)6-34-7-11(21)13(23)17-8(4-32-19(27)28)5-33-20(29)30/h8-10H,2-7,16H2,1H3,(H,17,23)(H,18,22)(H,24,25)/t9-,10-/m0/s1. The van der Waals surface area contributed by atoms with Gasteiger partial charge in [0.2, 0.25) is 11.7 Å². The third kappa shape index (κ3) is 13.6. The molecule has 0 rings (SSSR count). The van der Waals surface area contributed by atoms with Gasteiger partial charge in [-0.15, -0.1) is 20.2 Å². The fourth-order valence-corrected chi connectivity index (χ4v) is 2.91. The predicted molar refractivity (Wildman–Crippen MR) is 109 cm³/mol. The molecule has 0 aromatic carbocycles. The molecule has 0 aliphatic heterocycles. The summed E-state index contributed by atoms with van der Waals surface area (Å²) in [5.74, 6) is -5.89. The van der Waals surface area contributed by atoms with Crippen molar-refractivity contribution in [1.29, 1.82) is 0 Å². The molecular weight excluding hydrogens is 490 g/mol. The summed E-state index contributed by atoms with van der Waals surface area (Å²) in [5.41, 5.74) is 5.29. The molecule has 0 saturated heterocycles. The molecule has 19 heteroatoms. The second-order valence-corrected chi connectivity index (χ2v) is 7.30. The predicted octanol–water partition coefficient (Wildman–Crippen LogP) is -2.96. The van der Waals surface area contributed by atoms with E-state index in [9.17, 15) is 44.2 Å². The van der Waals surface area contributed by atoms with Gasteiger partial charge in [-0.05, 0) is 6.42 Å². The van der Waals surface area contributed by atoms with Gasteiger partial charge in [0, 0.05) is 12.2 Å². The van der Waals surface area contributed by atoms with Crippen molar-refractivity contribution in [1.82, 2.24) is 10.6 Å². The maximum Gasteiger partial charge on any atom is 0.329 e. The lowest BCUT2D eigenvalue weighted by atomic mass is 10.1. The molecule has 0 aromatic rings. The van der Waals surface area contributed by atoms with Gasteiger partial charge in [0.05, 0.1) is 18.9 Å². The summed E-state index contributed by atoms with van der Waals surface area (Å²) in [7, 11) is 1.05. The molecule has 0 aliphatic rings. The number of nitrogens with two attached hydrogens (primary N) is 1. The van der Waals surface area contributed by atoms with Gasteiger partial charge in [-0.2, -0.15) is 11.8 Å². The van der Waals surface area contributed by atoms with E-state index in [-0.39, 0.29) is 18.6 Å². The molecule has 0 bridgehead atoms. The van der Waals surface area contributed by atoms with Crippen LogP contribution < -0.4 is 16.4 Å². The van der Waals surface area contributed by atoms with Gasteiger partial charge in [-0.1, -0.05) is 0 Å². The van der Waals surface area contributed by atoms with Crippen molar-refractivity contribution in [3.8, 4) is 0 Å². The van der Waals surface area contributed by atoms with Gasteiger partial charge in [0.25, 0.3) is 16.1 Å². The molecule has 2 atom stereocenters. The van der Waals surface area contributed by atoms with Gasteiger partial charge in [0.15, 0.2) is 0 Å². The number of methoxy groups -OCH3 is 1. The van der Waals surface area contributed by atoms with Crippen molar-refractivity contribution < 1.29 is 53.7 Å². The van der Waals surface area contributed by atoms with Gasteiger partial charge in [0.1, 0.15) is 25.3 Å². The van der Waals surface area contributed by atoms with Crippen LogP contribution in [-0.4, -0.2) is 94.8 Å². The SMILES string of the molecule is COC(=O)[C@H](CSCC(=O)C(=O)NC(CO[N+](=O)[O-])CO[N+](=O)[O-])NC(=O)CC[C@H](N)C(=O)O. The quantitative estimate of drug-likeness (QED) is 0.0616. The maximum atomic E-state index is 12.0. The van der Waals surface area contributed by atoms with Crippen LogP contribution in [0.2, 0.25) is 0 Å². The minimum Gasteiger partial charge on any atom is -0.480 e. The highest BCUT2D eigenvalue weighted by Gasteiger charge is 2.25. The fourth-order valence-electron chi connectivity index (χ4n) is 2.02. The van der Waals surface area contributed by atoms with Crippen LogP contribution in [0.25, 0.3) is 0 Å². The van der Waals surface area contributed by atoms with Crippen LogP contribution >= 0.6 is 11.8 Å². The average molecular weight is 513 g/mol. The zero-order valence-electron chi connectivity index (χ0n) is 17.7. The summed E-state index contributed by atoms with van der Waals surface area (Å²) in [6.07, 6.45) is -0.491. The maximum absolute atomic E-state index is 12.0. The number of ether oxygens (including phenoxy) is 1. The zero-order valence-corrected chi connectivity index (χ0v) is 18.5. The highest BCUT2D eigenvalue weighted by Crippen LogP contribution is 2.06. The fraction of sp³-hybridized carbons (Fsp3) is 0.667. The van der Waals surface area contributed by atoms with Crippen LogP contribution in [0.15, 0.2) is 0 Å². The average Bonchev–Trinajstić information content (AvgIpc) is 2.77. The van der Waals surface area contributed by atoms with Crippen molar-refractivity contribution in [2.24, 2.45) is 5.73 Å². The number of carboxylic acids is 1. The molecule has 0 saturated carbocycles. The molecular formula is C15H23N5O13S. The number of esters is 1. The molecule has 0 aromatic heterocycles. The molecule has 0 aliphatic carbocycles. The van der Waals surface area contributed by atoms with E-state index in [1.165, 1.54) is 0 Å². The van der Waals surface area contributed by atoms with Gasteiger partial charge >= 0.3 is 11.9 Å². The third-order valence-electron chi connectivity index (χ3n) is 3.69. The molecule has 0 spiro atoms. The molecule has 0 heterocycles. The first-order valence-electron chi connectivity index (χ1n) is 9.18. The number of aliphatic carboxylic acids is 1. The van der Waals surface area contributed by atoms with E-state index >= 15 is 0 Å². The molecule has 192 valence electrons. The van der Waals surface area contributed by atoms with E-state index in [0.29, 0.717) is 0 Å². The first-order chi connectivity index (χ1) is 15.9. The van der Waals surface area contributed by atoms with Crippen molar-refractivity contribution in [3.63, 3.8) is 0 Å². The Morgan fingerprint density at radius 1 is 1.06 bits per heavy atom. The summed E-state index contributed by atoms with van der Waals surface area (Å²) in [6, 6.07) is -3.89. The Kier molecular flexibility index (Phi) is 14.2. The molecule has 0 radical (unpaired) electrons. The summed E-state index contributed by atoms with van der Waals surface area (Å²) in [4.78, 5) is 86.9. The van der Waals surface area contributed by atoms with Crippen LogP contribution in [0, 0.1) is 20.2 Å². The minimum atomic E-state index is -1.39. The zero-order chi connectivity index (χ0) is 26.3. The van der Waals surface area contributed by atoms with Gasteiger partial charge < -0.3 is 35.9 Å². The Bertz CT molecular complexity index is 762. The lowest BCUT2D eigenvalue weighted by Crippen LogP contribution is -2.46. The Morgan fingerprint density at radius 2 is 1.62 bits per heavy atom. The second-order valence-electron chi connectivity index (χ2n) is 6.27. The number of carbonyl (C=O) groups excluding carboxylic acids is 4. The van der Waals surface area contributed by atoms with Crippen molar-refractivity contribution >= 4 is 41.3 Å². The van der Waals surface area contributed by atoms with Gasteiger partial charge in [-0.25, -0.2) is 4.79 Å². The van der Waals surface area contributed by atoms with Crippen LogP contribution in [0.3, 0.4) is 0 Å². The highest BCUT2D eigenvalue weighted by atomic mass is 32.2. The van der Waals surface area contributed by atoms with Crippen LogP contribution in [0.1, 0.15) is 12.8 Å². The number of Topliss-reactive ketones (excluding diaryl/α,β-unsaturated/α-hetero) is 1. The molecule has 2 amide bonds. The molecule has 0 fully saturated rings. The molecule has 18 nitrogen and oxygen atoms in total. The lowest BCUT2D eigenvalue weighted by Gasteiger charge is -2.17. The highest BCUT2D eigenvalue weighted by molar-refractivity contribution is 8.00. The molecule has 0 unspecified atom stereocenters. The number of carboxylic acid groups (broad SMARTS) is 1.